The number of ketones is 3. The van der Waals surface area contributed by atoms with E-state index in [0.29, 0.717) is 0 Å². The SMILES string of the molecule is CC(=O)C1(O)Cc2c(O)c3c(c(O)c2C(O[C@H]2C[C@H](N)[C@H](O)[C@H](C)O2)C1)C(=O)c1ccccc1C3=O. The van der Waals surface area contributed by atoms with Gasteiger partial charge in [-0.2, -0.15) is 0 Å². The number of benzene rings is 2. The van der Waals surface area contributed by atoms with E-state index >= 15 is 0 Å². The molecule has 2 aromatic rings. The number of hydrogen-bond acceptors (Lipinski definition) is 10. The molecule has 36 heavy (non-hydrogen) atoms. The minimum Gasteiger partial charge on any atom is -0.507 e. The summed E-state index contributed by atoms with van der Waals surface area (Å²) in [6.07, 6.45) is -4.38. The molecule has 2 aromatic carbocycles. The van der Waals surface area contributed by atoms with Gasteiger partial charge in [0, 0.05) is 47.6 Å². The van der Waals surface area contributed by atoms with Gasteiger partial charge < -0.3 is 35.6 Å². The summed E-state index contributed by atoms with van der Waals surface area (Å²) in [7, 11) is 0. The largest absolute Gasteiger partial charge is 0.507 e. The summed E-state index contributed by atoms with van der Waals surface area (Å²) in [4.78, 5) is 39.0. The Labute approximate surface area is 206 Å². The Kier molecular flexibility index (Phi) is 5.77. The topological polar surface area (TPSA) is 177 Å². The summed E-state index contributed by atoms with van der Waals surface area (Å²) in [5, 5.41) is 43.8. The molecule has 1 aliphatic heterocycles. The van der Waals surface area contributed by atoms with Crippen molar-refractivity contribution in [2.45, 2.75) is 69.4 Å². The molecule has 10 heteroatoms. The molecule has 1 saturated heterocycles. The number of fused-ring (bicyclic) bond motifs is 3. The van der Waals surface area contributed by atoms with E-state index in [0.717, 1.165) is 0 Å². The number of Topliss-reactive ketones (excluding diaryl/α,β-unsaturated/α-hetero) is 1. The Morgan fingerprint density at radius 1 is 1.11 bits per heavy atom. The van der Waals surface area contributed by atoms with Gasteiger partial charge in [0.25, 0.3) is 0 Å². The van der Waals surface area contributed by atoms with Crippen LogP contribution in [0.4, 0.5) is 0 Å². The van der Waals surface area contributed by atoms with Gasteiger partial charge in [0.2, 0.25) is 0 Å². The lowest BCUT2D eigenvalue weighted by atomic mass is 9.72. The fourth-order valence-electron chi connectivity index (χ4n) is 5.42. The van der Waals surface area contributed by atoms with Crippen LogP contribution in [0.2, 0.25) is 0 Å². The van der Waals surface area contributed by atoms with Gasteiger partial charge >= 0.3 is 0 Å². The number of hydrogen-bond donors (Lipinski definition) is 5. The van der Waals surface area contributed by atoms with Crippen molar-refractivity contribution in [2.24, 2.45) is 5.73 Å². The maximum atomic E-state index is 13.3. The number of nitrogens with two attached hydrogens (primary N) is 1. The van der Waals surface area contributed by atoms with Crippen LogP contribution in [0.15, 0.2) is 24.3 Å². The van der Waals surface area contributed by atoms with Crippen LogP contribution in [0, 0.1) is 0 Å². The fraction of sp³-hybridized carbons (Fsp3) is 0.423. The zero-order valence-corrected chi connectivity index (χ0v) is 19.7. The van der Waals surface area contributed by atoms with Crippen molar-refractivity contribution < 1.29 is 44.3 Å². The zero-order chi connectivity index (χ0) is 26.1. The van der Waals surface area contributed by atoms with Gasteiger partial charge in [-0.3, -0.25) is 14.4 Å². The van der Waals surface area contributed by atoms with Gasteiger partial charge in [-0.1, -0.05) is 24.3 Å². The maximum absolute atomic E-state index is 13.3. The minimum absolute atomic E-state index is 0.00588. The first kappa shape index (κ1) is 24.5. The number of ether oxygens (including phenoxy) is 2. The van der Waals surface area contributed by atoms with E-state index < -0.39 is 71.5 Å². The predicted molar refractivity (Wildman–Crippen MR) is 124 cm³/mol. The number of carbonyl (C=O) groups excluding carboxylic acids is 3. The molecule has 0 spiro atoms. The van der Waals surface area contributed by atoms with Crippen LogP contribution in [0.5, 0.6) is 11.5 Å². The number of carbonyl (C=O) groups is 3. The fourth-order valence-corrected chi connectivity index (χ4v) is 5.42. The van der Waals surface area contributed by atoms with Crippen molar-refractivity contribution in [2.75, 3.05) is 0 Å². The van der Waals surface area contributed by atoms with E-state index in [1.54, 1.807) is 19.1 Å². The van der Waals surface area contributed by atoms with E-state index in [1.165, 1.54) is 19.1 Å². The van der Waals surface area contributed by atoms with Gasteiger partial charge in [0.1, 0.15) is 17.1 Å². The average Bonchev–Trinajstić information content (AvgIpc) is 2.82. The summed E-state index contributed by atoms with van der Waals surface area (Å²) in [5.41, 5.74) is 3.38. The third-order valence-electron chi connectivity index (χ3n) is 7.50. The Bertz CT molecular complexity index is 1290. The Balaban J connectivity index is 1.66. The van der Waals surface area contributed by atoms with Crippen LogP contribution >= 0.6 is 0 Å². The first-order valence-electron chi connectivity index (χ1n) is 11.7. The number of aliphatic hydroxyl groups excluding tert-OH is 1. The van der Waals surface area contributed by atoms with Crippen molar-refractivity contribution in [3.63, 3.8) is 0 Å². The zero-order valence-electron chi connectivity index (χ0n) is 19.7. The van der Waals surface area contributed by atoms with Crippen molar-refractivity contribution in [1.82, 2.24) is 0 Å². The van der Waals surface area contributed by atoms with E-state index in [9.17, 15) is 34.8 Å². The van der Waals surface area contributed by atoms with Crippen molar-refractivity contribution in [3.05, 3.63) is 57.6 Å². The van der Waals surface area contributed by atoms with Crippen molar-refractivity contribution in [1.29, 1.82) is 0 Å². The number of phenols is 2. The third kappa shape index (κ3) is 3.56. The molecule has 0 bridgehead atoms. The molecule has 6 atom stereocenters. The van der Waals surface area contributed by atoms with Crippen molar-refractivity contribution >= 4 is 17.3 Å². The second-order valence-corrected chi connectivity index (χ2v) is 9.80. The standard InChI is InChI=1S/C26H27NO9/c1-10-21(29)15(27)7-17(35-10)36-16-9-26(34,11(2)28)8-14-18(16)25(33)20-19(24(14)32)22(30)12-5-3-4-6-13(12)23(20)31/h3-6,10,15-17,21,29,32-34H,7-9,27H2,1-2H3/t10-,15-,16?,17-,21+,26?/m0/s1. The van der Waals surface area contributed by atoms with Gasteiger partial charge in [0.05, 0.1) is 29.4 Å². The van der Waals surface area contributed by atoms with Crippen LogP contribution in [-0.2, 0) is 20.7 Å². The number of rotatable bonds is 3. The second-order valence-electron chi connectivity index (χ2n) is 9.80. The molecule has 3 aliphatic rings. The monoisotopic (exact) mass is 497 g/mol. The summed E-state index contributed by atoms with van der Waals surface area (Å²) in [6.45, 7) is 2.80. The van der Waals surface area contributed by atoms with Gasteiger partial charge in [-0.15, -0.1) is 0 Å². The summed E-state index contributed by atoms with van der Waals surface area (Å²) in [5.74, 6) is -3.06. The smallest absolute Gasteiger partial charge is 0.198 e. The molecule has 0 aromatic heterocycles. The van der Waals surface area contributed by atoms with Crippen LogP contribution in [-0.4, -0.2) is 67.9 Å². The highest BCUT2D eigenvalue weighted by molar-refractivity contribution is 6.30. The van der Waals surface area contributed by atoms with E-state index in [4.69, 9.17) is 15.2 Å². The molecule has 0 amide bonds. The lowest BCUT2D eigenvalue weighted by Gasteiger charge is -2.42. The quantitative estimate of drug-likeness (QED) is 0.328. The Hall–Kier alpha value is -3.15. The lowest BCUT2D eigenvalue weighted by molar-refractivity contribution is -0.247. The Morgan fingerprint density at radius 2 is 1.69 bits per heavy atom. The van der Waals surface area contributed by atoms with Crippen LogP contribution < -0.4 is 5.73 Å². The molecule has 2 aliphatic carbocycles. The molecule has 2 unspecified atom stereocenters. The predicted octanol–water partition coefficient (Wildman–Crippen LogP) is 1.02. The van der Waals surface area contributed by atoms with Crippen LogP contribution in [0.1, 0.15) is 75.8 Å². The molecular weight excluding hydrogens is 470 g/mol. The number of aromatic hydroxyl groups is 2. The summed E-state index contributed by atoms with van der Waals surface area (Å²) < 4.78 is 11.8. The van der Waals surface area contributed by atoms with E-state index in [-0.39, 0.29) is 46.2 Å². The van der Waals surface area contributed by atoms with Crippen molar-refractivity contribution in [3.8, 4) is 11.5 Å². The third-order valence-corrected chi connectivity index (χ3v) is 7.50. The highest BCUT2D eigenvalue weighted by Crippen LogP contribution is 2.51. The maximum Gasteiger partial charge on any atom is 0.198 e. The molecule has 0 saturated carbocycles. The second kappa shape index (κ2) is 8.46. The normalized spacial score (nSPS) is 31.4. The minimum atomic E-state index is -1.97. The lowest BCUT2D eigenvalue weighted by Crippen LogP contribution is -2.52. The van der Waals surface area contributed by atoms with E-state index in [1.807, 2.05) is 0 Å². The average molecular weight is 498 g/mol. The molecule has 5 rings (SSSR count). The number of aliphatic hydroxyl groups is 2. The Morgan fingerprint density at radius 3 is 2.25 bits per heavy atom. The first-order valence-corrected chi connectivity index (χ1v) is 11.7. The summed E-state index contributed by atoms with van der Waals surface area (Å²) in [6, 6.07) is 5.40. The van der Waals surface area contributed by atoms with Gasteiger partial charge in [0.15, 0.2) is 23.6 Å². The molecule has 10 nitrogen and oxygen atoms in total. The molecular formula is C26H27NO9. The van der Waals surface area contributed by atoms with Crippen LogP contribution in [0.25, 0.3) is 0 Å². The first-order chi connectivity index (χ1) is 16.9. The molecule has 0 radical (unpaired) electrons. The summed E-state index contributed by atoms with van der Waals surface area (Å²) >= 11 is 0. The van der Waals surface area contributed by atoms with Crippen LogP contribution in [0.3, 0.4) is 0 Å². The molecule has 1 heterocycles. The number of phenolic OH excluding ortho intramolecular Hbond substituents is 2. The molecule has 190 valence electrons. The highest BCUT2D eigenvalue weighted by atomic mass is 16.7. The van der Waals surface area contributed by atoms with Gasteiger partial charge in [-0.05, 0) is 13.8 Å². The van der Waals surface area contributed by atoms with Gasteiger partial charge in [-0.25, -0.2) is 0 Å². The molecule has 1 fully saturated rings. The van der Waals surface area contributed by atoms with E-state index in [2.05, 4.69) is 0 Å². The molecule has 6 N–H and O–H groups in total. The highest BCUT2D eigenvalue weighted by Gasteiger charge is 2.49.